The number of hydrogen-bond acceptors (Lipinski definition) is 10. The van der Waals surface area contributed by atoms with E-state index in [1.54, 1.807) is 0 Å². The first-order chi connectivity index (χ1) is 9.82. The molecule has 0 aliphatic carbocycles. The molecule has 2 fully saturated rings. The van der Waals surface area contributed by atoms with Crippen LogP contribution in [0, 0.1) is 0 Å². The number of rotatable bonds is 3. The van der Waals surface area contributed by atoms with Gasteiger partial charge in [0.05, 0.1) is 13.2 Å². The Balaban J connectivity index is 1.88. The summed E-state index contributed by atoms with van der Waals surface area (Å²) in [6.45, 7) is -0.535. The molecule has 2 aliphatic heterocycles. The minimum Gasteiger partial charge on any atom is -0.388 e. The summed E-state index contributed by atoms with van der Waals surface area (Å²) in [5, 5.41) is 66.2. The first kappa shape index (κ1) is 17.0. The molecule has 124 valence electrons. The molecular weight excluding hydrogens is 292 g/mol. The molecule has 0 aromatic rings. The van der Waals surface area contributed by atoms with E-state index in [1.807, 2.05) is 0 Å². The highest BCUT2D eigenvalue weighted by molar-refractivity contribution is 4.88. The number of ether oxygens (including phenoxy) is 3. The Hall–Kier alpha value is -0.400. The van der Waals surface area contributed by atoms with E-state index in [0.717, 1.165) is 0 Å². The van der Waals surface area contributed by atoms with Crippen LogP contribution in [0.25, 0.3) is 0 Å². The van der Waals surface area contributed by atoms with Gasteiger partial charge in [-0.3, -0.25) is 0 Å². The highest BCUT2D eigenvalue weighted by atomic mass is 16.7. The third-order valence-electron chi connectivity index (χ3n) is 3.58. The van der Waals surface area contributed by atoms with Crippen LogP contribution in [-0.4, -0.2) is 104 Å². The van der Waals surface area contributed by atoms with Crippen LogP contribution in [0.15, 0.2) is 0 Å². The van der Waals surface area contributed by atoms with Gasteiger partial charge >= 0.3 is 0 Å². The fraction of sp³-hybridized carbons (Fsp3) is 1.00. The topological polar surface area (TPSA) is 169 Å². The van der Waals surface area contributed by atoms with Gasteiger partial charge in [-0.15, -0.1) is 0 Å². The lowest BCUT2D eigenvalue weighted by Gasteiger charge is -2.39. The molecular formula is C11H20O10. The van der Waals surface area contributed by atoms with E-state index in [9.17, 15) is 35.7 Å². The molecule has 0 aromatic carbocycles. The molecule has 21 heavy (non-hydrogen) atoms. The van der Waals surface area contributed by atoms with Crippen molar-refractivity contribution in [1.29, 1.82) is 0 Å². The van der Waals surface area contributed by atoms with E-state index in [2.05, 4.69) is 0 Å². The number of aliphatic hydroxyl groups excluding tert-OH is 7. The maximum atomic E-state index is 9.69. The van der Waals surface area contributed by atoms with E-state index in [-0.39, 0.29) is 13.2 Å². The Morgan fingerprint density at radius 1 is 0.810 bits per heavy atom. The Morgan fingerprint density at radius 3 is 2.14 bits per heavy atom. The van der Waals surface area contributed by atoms with Gasteiger partial charge in [-0.2, -0.15) is 0 Å². The smallest absolute Gasteiger partial charge is 0.189 e. The van der Waals surface area contributed by atoms with Crippen molar-refractivity contribution in [1.82, 2.24) is 0 Å². The van der Waals surface area contributed by atoms with Gasteiger partial charge in [0.2, 0.25) is 0 Å². The second-order valence-corrected chi connectivity index (χ2v) is 5.12. The van der Waals surface area contributed by atoms with Crippen LogP contribution in [0.3, 0.4) is 0 Å². The summed E-state index contributed by atoms with van der Waals surface area (Å²) in [5.41, 5.74) is 0. The standard InChI is InChI=1S/C11H20O10/c12-3-1-19-4(6(14)5(3)13)2-20-11-9(17)7(15)8(16)10(18)21-11/h3-18H,1-2H2. The lowest BCUT2D eigenvalue weighted by atomic mass is 10.0. The molecule has 7 N–H and O–H groups in total. The summed E-state index contributed by atoms with van der Waals surface area (Å²) in [4.78, 5) is 0. The van der Waals surface area contributed by atoms with Crippen LogP contribution in [0.5, 0.6) is 0 Å². The molecule has 0 saturated carbocycles. The molecule has 2 heterocycles. The van der Waals surface area contributed by atoms with Crippen molar-refractivity contribution in [3.63, 3.8) is 0 Å². The maximum Gasteiger partial charge on any atom is 0.189 e. The van der Waals surface area contributed by atoms with E-state index in [4.69, 9.17) is 14.2 Å². The fourth-order valence-electron chi connectivity index (χ4n) is 2.17. The lowest BCUT2D eigenvalue weighted by Crippen LogP contribution is -2.59. The van der Waals surface area contributed by atoms with Gasteiger partial charge in [-0.25, -0.2) is 0 Å². The molecule has 2 rings (SSSR count). The van der Waals surface area contributed by atoms with Crippen LogP contribution in [-0.2, 0) is 14.2 Å². The molecule has 0 radical (unpaired) electrons. The monoisotopic (exact) mass is 312 g/mol. The van der Waals surface area contributed by atoms with Crippen molar-refractivity contribution < 1.29 is 50.0 Å². The van der Waals surface area contributed by atoms with Crippen LogP contribution < -0.4 is 0 Å². The zero-order chi connectivity index (χ0) is 15.7. The number of aliphatic hydroxyl groups is 7. The van der Waals surface area contributed by atoms with Gasteiger partial charge in [0.15, 0.2) is 12.6 Å². The van der Waals surface area contributed by atoms with Crippen LogP contribution in [0.2, 0.25) is 0 Å². The van der Waals surface area contributed by atoms with Crippen LogP contribution in [0.1, 0.15) is 0 Å². The summed E-state index contributed by atoms with van der Waals surface area (Å²) in [6, 6.07) is 0. The zero-order valence-corrected chi connectivity index (χ0v) is 11.0. The highest BCUT2D eigenvalue weighted by Crippen LogP contribution is 2.22. The van der Waals surface area contributed by atoms with Gasteiger partial charge < -0.3 is 50.0 Å². The molecule has 10 nitrogen and oxygen atoms in total. The van der Waals surface area contributed by atoms with E-state index >= 15 is 0 Å². The minimum atomic E-state index is -1.74. The lowest BCUT2D eigenvalue weighted by molar-refractivity contribution is -0.345. The van der Waals surface area contributed by atoms with Crippen molar-refractivity contribution >= 4 is 0 Å². The molecule has 0 spiro atoms. The van der Waals surface area contributed by atoms with Crippen LogP contribution >= 0.6 is 0 Å². The van der Waals surface area contributed by atoms with Gasteiger partial charge in [-0.1, -0.05) is 0 Å². The van der Waals surface area contributed by atoms with Crippen molar-refractivity contribution in [2.45, 2.75) is 55.3 Å². The van der Waals surface area contributed by atoms with Gasteiger partial charge in [0.25, 0.3) is 0 Å². The highest BCUT2D eigenvalue weighted by Gasteiger charge is 2.45. The third kappa shape index (κ3) is 3.51. The molecule has 0 aromatic heterocycles. The Bertz CT molecular complexity index is 341. The second-order valence-electron chi connectivity index (χ2n) is 5.12. The Morgan fingerprint density at radius 2 is 1.48 bits per heavy atom. The first-order valence-corrected chi connectivity index (χ1v) is 6.48. The summed E-state index contributed by atoms with van der Waals surface area (Å²) in [5.74, 6) is 0. The van der Waals surface area contributed by atoms with Crippen molar-refractivity contribution in [3.05, 3.63) is 0 Å². The summed E-state index contributed by atoms with van der Waals surface area (Å²) < 4.78 is 15.0. The van der Waals surface area contributed by atoms with Gasteiger partial charge in [-0.05, 0) is 0 Å². The van der Waals surface area contributed by atoms with E-state index in [1.165, 1.54) is 0 Å². The van der Waals surface area contributed by atoms with Crippen LogP contribution in [0.4, 0.5) is 0 Å². The van der Waals surface area contributed by atoms with E-state index < -0.39 is 55.3 Å². The predicted octanol–water partition coefficient (Wildman–Crippen LogP) is -4.76. The van der Waals surface area contributed by atoms with Crippen molar-refractivity contribution in [2.24, 2.45) is 0 Å². The summed E-state index contributed by atoms with van der Waals surface area (Å²) in [7, 11) is 0. The quantitative estimate of drug-likeness (QED) is 0.268. The molecule has 10 heteroatoms. The SMILES string of the molecule is OC1COC(COC2OC(O)C(O)C(O)C2O)C(O)C1O. The van der Waals surface area contributed by atoms with Gasteiger partial charge in [0.1, 0.15) is 42.7 Å². The Kier molecular flexibility index (Phi) is 5.48. The van der Waals surface area contributed by atoms with Gasteiger partial charge in [0, 0.05) is 0 Å². The average Bonchev–Trinajstić information content (AvgIpc) is 2.46. The molecule has 2 aliphatic rings. The maximum absolute atomic E-state index is 9.69. The number of hydrogen-bond donors (Lipinski definition) is 7. The zero-order valence-electron chi connectivity index (χ0n) is 11.0. The molecule has 2 saturated heterocycles. The average molecular weight is 312 g/mol. The summed E-state index contributed by atoms with van der Waals surface area (Å²) in [6.07, 6.45) is -13.1. The van der Waals surface area contributed by atoms with Crippen molar-refractivity contribution in [2.75, 3.05) is 13.2 Å². The fourth-order valence-corrected chi connectivity index (χ4v) is 2.17. The molecule has 9 atom stereocenters. The molecule has 0 bridgehead atoms. The predicted molar refractivity (Wildman–Crippen MR) is 62.6 cm³/mol. The molecule has 9 unspecified atom stereocenters. The van der Waals surface area contributed by atoms with E-state index in [0.29, 0.717) is 0 Å². The Labute approximate surface area is 119 Å². The van der Waals surface area contributed by atoms with Crippen molar-refractivity contribution in [3.8, 4) is 0 Å². The molecule has 0 amide bonds. The summed E-state index contributed by atoms with van der Waals surface area (Å²) >= 11 is 0. The second kappa shape index (κ2) is 6.79. The third-order valence-corrected chi connectivity index (χ3v) is 3.58. The normalized spacial score (nSPS) is 51.9. The minimum absolute atomic E-state index is 0.204. The first-order valence-electron chi connectivity index (χ1n) is 6.48. The largest absolute Gasteiger partial charge is 0.388 e.